The second kappa shape index (κ2) is 7.05. The molecular formula is C17H27N3O. The number of nitrogens with one attached hydrogen (secondary N) is 1. The van der Waals surface area contributed by atoms with Gasteiger partial charge in [0, 0.05) is 12.6 Å². The van der Waals surface area contributed by atoms with Gasteiger partial charge in [-0.3, -0.25) is 4.79 Å². The Morgan fingerprint density at radius 3 is 2.52 bits per heavy atom. The van der Waals surface area contributed by atoms with Crippen LogP contribution in [0.3, 0.4) is 0 Å². The maximum absolute atomic E-state index is 12.5. The number of nitrogens with two attached hydrogens (primary N) is 1. The van der Waals surface area contributed by atoms with Crippen LogP contribution in [0.25, 0.3) is 0 Å². The second-order valence-corrected chi connectivity index (χ2v) is 6.30. The molecule has 1 aliphatic heterocycles. The van der Waals surface area contributed by atoms with Crippen molar-refractivity contribution in [3.63, 3.8) is 0 Å². The van der Waals surface area contributed by atoms with Gasteiger partial charge in [-0.25, -0.2) is 0 Å². The molecule has 1 amide bonds. The maximum atomic E-state index is 12.5. The third-order valence-electron chi connectivity index (χ3n) is 4.20. The molecule has 21 heavy (non-hydrogen) atoms. The quantitative estimate of drug-likeness (QED) is 0.870. The van der Waals surface area contributed by atoms with Gasteiger partial charge in [0.2, 0.25) is 5.91 Å². The lowest BCUT2D eigenvalue weighted by molar-refractivity contribution is -0.126. The number of carbonyl (C=O) groups excluding carboxylic acids is 1. The van der Waals surface area contributed by atoms with Gasteiger partial charge in [-0.15, -0.1) is 0 Å². The summed E-state index contributed by atoms with van der Waals surface area (Å²) >= 11 is 0. The standard InChI is InChI=1S/C17H27N3O/c1-14(13-20-11-7-4-8-12-20)19-16(21)17(2,18)15-9-5-3-6-10-15/h3,5-6,9-10,14H,4,7-8,11-13,18H2,1-2H3,(H,19,21). The van der Waals surface area contributed by atoms with Crippen molar-refractivity contribution in [3.05, 3.63) is 35.9 Å². The zero-order valence-corrected chi connectivity index (χ0v) is 13.1. The Kier molecular flexibility index (Phi) is 5.37. The molecule has 1 aromatic carbocycles. The molecule has 2 unspecified atom stereocenters. The zero-order chi connectivity index (χ0) is 15.3. The number of amides is 1. The van der Waals surface area contributed by atoms with Crippen molar-refractivity contribution in [2.45, 2.75) is 44.7 Å². The van der Waals surface area contributed by atoms with E-state index in [1.54, 1.807) is 6.92 Å². The molecule has 1 fully saturated rings. The Balaban J connectivity index is 1.90. The van der Waals surface area contributed by atoms with Gasteiger partial charge >= 0.3 is 0 Å². The summed E-state index contributed by atoms with van der Waals surface area (Å²) in [5.41, 5.74) is 6.09. The molecule has 0 spiro atoms. The van der Waals surface area contributed by atoms with Crippen LogP contribution in [0.1, 0.15) is 38.7 Å². The van der Waals surface area contributed by atoms with Crippen molar-refractivity contribution in [3.8, 4) is 0 Å². The molecule has 0 aliphatic carbocycles. The third kappa shape index (κ3) is 4.29. The first kappa shape index (κ1) is 16.0. The topological polar surface area (TPSA) is 58.4 Å². The molecule has 2 atom stereocenters. The van der Waals surface area contributed by atoms with Gasteiger partial charge in [0.1, 0.15) is 5.54 Å². The molecule has 3 N–H and O–H groups in total. The number of rotatable bonds is 5. The van der Waals surface area contributed by atoms with Crippen LogP contribution in [0.15, 0.2) is 30.3 Å². The summed E-state index contributed by atoms with van der Waals surface area (Å²) in [6.07, 6.45) is 3.85. The summed E-state index contributed by atoms with van der Waals surface area (Å²) in [6, 6.07) is 9.65. The first-order chi connectivity index (χ1) is 10.00. The Morgan fingerprint density at radius 1 is 1.29 bits per heavy atom. The molecule has 0 saturated carbocycles. The summed E-state index contributed by atoms with van der Waals surface area (Å²) < 4.78 is 0. The van der Waals surface area contributed by atoms with E-state index in [-0.39, 0.29) is 11.9 Å². The Hall–Kier alpha value is -1.39. The van der Waals surface area contributed by atoms with Gasteiger partial charge in [-0.1, -0.05) is 36.8 Å². The fourth-order valence-electron chi connectivity index (χ4n) is 2.86. The van der Waals surface area contributed by atoms with Crippen LogP contribution in [0.2, 0.25) is 0 Å². The lowest BCUT2D eigenvalue weighted by atomic mass is 9.92. The highest BCUT2D eigenvalue weighted by Crippen LogP contribution is 2.17. The lowest BCUT2D eigenvalue weighted by Crippen LogP contribution is -2.53. The lowest BCUT2D eigenvalue weighted by Gasteiger charge is -2.31. The maximum Gasteiger partial charge on any atom is 0.244 e. The van der Waals surface area contributed by atoms with E-state index in [1.165, 1.54) is 19.3 Å². The Labute approximate surface area is 127 Å². The normalized spacial score (nSPS) is 20.5. The highest BCUT2D eigenvalue weighted by Gasteiger charge is 2.31. The summed E-state index contributed by atoms with van der Waals surface area (Å²) in [5.74, 6) is -0.113. The summed E-state index contributed by atoms with van der Waals surface area (Å²) in [4.78, 5) is 14.9. The summed E-state index contributed by atoms with van der Waals surface area (Å²) in [5, 5.41) is 3.06. The zero-order valence-electron chi connectivity index (χ0n) is 13.1. The van der Waals surface area contributed by atoms with Crippen molar-refractivity contribution in [1.29, 1.82) is 0 Å². The molecule has 4 nitrogen and oxygen atoms in total. The molecule has 0 bridgehead atoms. The van der Waals surface area contributed by atoms with Gasteiger partial charge in [-0.05, 0) is 45.3 Å². The minimum atomic E-state index is -0.989. The van der Waals surface area contributed by atoms with Gasteiger partial charge in [0.25, 0.3) is 0 Å². The van der Waals surface area contributed by atoms with E-state index in [4.69, 9.17) is 5.73 Å². The molecule has 116 valence electrons. The van der Waals surface area contributed by atoms with E-state index in [9.17, 15) is 4.79 Å². The van der Waals surface area contributed by atoms with Crippen LogP contribution in [-0.2, 0) is 10.3 Å². The molecular weight excluding hydrogens is 262 g/mol. The first-order valence-electron chi connectivity index (χ1n) is 7.88. The predicted octanol–water partition coefficient (Wildman–Crippen LogP) is 1.85. The van der Waals surface area contributed by atoms with E-state index in [0.29, 0.717) is 0 Å². The van der Waals surface area contributed by atoms with Crippen LogP contribution in [0.5, 0.6) is 0 Å². The second-order valence-electron chi connectivity index (χ2n) is 6.30. The van der Waals surface area contributed by atoms with Crippen molar-refractivity contribution >= 4 is 5.91 Å². The fourth-order valence-corrected chi connectivity index (χ4v) is 2.86. The van der Waals surface area contributed by atoms with Crippen LogP contribution in [-0.4, -0.2) is 36.5 Å². The van der Waals surface area contributed by atoms with Gasteiger partial charge in [-0.2, -0.15) is 0 Å². The third-order valence-corrected chi connectivity index (χ3v) is 4.20. The number of piperidine rings is 1. The molecule has 1 saturated heterocycles. The van der Waals surface area contributed by atoms with Gasteiger partial charge in [0.15, 0.2) is 0 Å². The van der Waals surface area contributed by atoms with Crippen molar-refractivity contribution in [2.75, 3.05) is 19.6 Å². The van der Waals surface area contributed by atoms with Crippen molar-refractivity contribution < 1.29 is 4.79 Å². The summed E-state index contributed by atoms with van der Waals surface area (Å²) in [6.45, 7) is 6.99. The molecule has 0 radical (unpaired) electrons. The minimum Gasteiger partial charge on any atom is -0.350 e. The van der Waals surface area contributed by atoms with Crippen LogP contribution in [0.4, 0.5) is 0 Å². The average Bonchev–Trinajstić information content (AvgIpc) is 2.49. The highest BCUT2D eigenvalue weighted by atomic mass is 16.2. The molecule has 1 heterocycles. The van der Waals surface area contributed by atoms with E-state index in [1.807, 2.05) is 37.3 Å². The smallest absolute Gasteiger partial charge is 0.244 e. The molecule has 4 heteroatoms. The van der Waals surface area contributed by atoms with Crippen LogP contribution in [0, 0.1) is 0 Å². The molecule has 1 aliphatic rings. The fraction of sp³-hybridized carbons (Fsp3) is 0.588. The molecule has 2 rings (SSSR count). The van der Waals surface area contributed by atoms with Crippen LogP contribution >= 0.6 is 0 Å². The number of hydrogen-bond acceptors (Lipinski definition) is 3. The SMILES string of the molecule is CC(CN1CCCCC1)NC(=O)C(C)(N)c1ccccc1. The first-order valence-corrected chi connectivity index (χ1v) is 7.88. The van der Waals surface area contributed by atoms with E-state index >= 15 is 0 Å². The number of nitrogens with zero attached hydrogens (tertiary/aromatic N) is 1. The molecule has 0 aromatic heterocycles. The van der Waals surface area contributed by atoms with E-state index in [2.05, 4.69) is 10.2 Å². The average molecular weight is 289 g/mol. The largest absolute Gasteiger partial charge is 0.350 e. The number of benzene rings is 1. The number of hydrogen-bond donors (Lipinski definition) is 2. The van der Waals surface area contributed by atoms with Crippen LogP contribution < -0.4 is 11.1 Å². The van der Waals surface area contributed by atoms with Crippen molar-refractivity contribution in [1.82, 2.24) is 10.2 Å². The Bertz CT molecular complexity index is 452. The summed E-state index contributed by atoms with van der Waals surface area (Å²) in [7, 11) is 0. The monoisotopic (exact) mass is 289 g/mol. The predicted molar refractivity (Wildman–Crippen MR) is 85.9 cm³/mol. The number of carbonyl (C=O) groups is 1. The highest BCUT2D eigenvalue weighted by molar-refractivity contribution is 5.87. The molecule has 1 aromatic rings. The number of likely N-dealkylation sites (tertiary alicyclic amines) is 1. The van der Waals surface area contributed by atoms with E-state index in [0.717, 1.165) is 25.2 Å². The van der Waals surface area contributed by atoms with E-state index < -0.39 is 5.54 Å². The van der Waals surface area contributed by atoms with Gasteiger partial charge < -0.3 is 16.0 Å². The van der Waals surface area contributed by atoms with Gasteiger partial charge in [0.05, 0.1) is 0 Å². The Morgan fingerprint density at radius 2 is 1.90 bits per heavy atom. The van der Waals surface area contributed by atoms with Crippen molar-refractivity contribution in [2.24, 2.45) is 5.73 Å². The minimum absolute atomic E-state index is 0.113.